The third kappa shape index (κ3) is 4.91. The van der Waals surface area contributed by atoms with E-state index in [4.69, 9.17) is 4.12 Å². The summed E-state index contributed by atoms with van der Waals surface area (Å²) in [7, 11) is -3.18. The highest BCUT2D eigenvalue weighted by molar-refractivity contribution is 6.84. The Hall–Kier alpha value is 0.314. The van der Waals surface area contributed by atoms with Crippen LogP contribution in [0.3, 0.4) is 0 Å². The summed E-state index contributed by atoms with van der Waals surface area (Å²) in [5.74, 6) is 4.26. The van der Waals surface area contributed by atoms with Gasteiger partial charge >= 0.3 is 0 Å². The van der Waals surface area contributed by atoms with Crippen LogP contribution in [0, 0.1) is 35.5 Å². The molecular weight excluding hydrogens is 368 g/mol. The maximum absolute atomic E-state index is 9.90. The van der Waals surface area contributed by atoms with Crippen molar-refractivity contribution in [3.8, 4) is 0 Å². The molecule has 0 bridgehead atoms. The summed E-state index contributed by atoms with van der Waals surface area (Å²) >= 11 is 0. The van der Waals surface area contributed by atoms with Crippen molar-refractivity contribution in [3.63, 3.8) is 0 Å². The predicted octanol–water partition coefficient (Wildman–Crippen LogP) is 5.01. The van der Waals surface area contributed by atoms with Crippen molar-refractivity contribution < 1.29 is 14.3 Å². The number of hydrogen-bond donors (Lipinski definition) is 2. The van der Waals surface area contributed by atoms with E-state index in [-0.39, 0.29) is 12.2 Å². The molecule has 0 amide bonds. The summed E-state index contributed by atoms with van der Waals surface area (Å²) in [5.41, 5.74) is 0. The molecule has 156 valence electrons. The van der Waals surface area contributed by atoms with Gasteiger partial charge in [-0.25, -0.2) is 0 Å². The van der Waals surface area contributed by atoms with E-state index in [1.165, 1.54) is 63.5 Å². The van der Waals surface area contributed by atoms with Gasteiger partial charge in [0.1, 0.15) is 0 Å². The van der Waals surface area contributed by atoms with E-state index in [2.05, 4.69) is 26.2 Å². The molecule has 0 heterocycles. The van der Waals surface area contributed by atoms with Crippen LogP contribution in [0.1, 0.15) is 51.4 Å². The van der Waals surface area contributed by atoms with E-state index in [0.717, 1.165) is 11.8 Å². The van der Waals surface area contributed by atoms with Gasteiger partial charge in [0.25, 0.3) is 0 Å². The highest BCUT2D eigenvalue weighted by atomic mass is 28.4. The zero-order valence-corrected chi connectivity index (χ0v) is 20.0. The summed E-state index contributed by atoms with van der Waals surface area (Å²) in [6, 6.07) is 2.59. The van der Waals surface area contributed by atoms with Crippen LogP contribution >= 0.6 is 0 Å². The van der Waals surface area contributed by atoms with Gasteiger partial charge in [-0.3, -0.25) is 0 Å². The van der Waals surface area contributed by atoms with Crippen LogP contribution < -0.4 is 0 Å². The molecule has 8 unspecified atom stereocenters. The largest absolute Gasteiger partial charge is 0.455 e. The zero-order valence-electron chi connectivity index (χ0n) is 18.0. The smallest absolute Gasteiger partial charge is 0.173 e. The normalized spacial score (nSPS) is 43.8. The Labute approximate surface area is 168 Å². The number of hydrogen-bond acceptors (Lipinski definition) is 3. The number of fused-ring (bicyclic) bond motifs is 2. The van der Waals surface area contributed by atoms with Gasteiger partial charge in [0.05, 0.1) is 12.2 Å². The maximum Gasteiger partial charge on any atom is 0.173 e. The Morgan fingerprint density at radius 2 is 1.07 bits per heavy atom. The summed E-state index contributed by atoms with van der Waals surface area (Å²) in [5, 5.41) is 19.8. The molecular formula is C22H42O3Si2. The van der Waals surface area contributed by atoms with Gasteiger partial charge in [0.15, 0.2) is 16.6 Å². The first kappa shape index (κ1) is 20.6. The maximum atomic E-state index is 9.90. The van der Waals surface area contributed by atoms with Gasteiger partial charge in [0, 0.05) is 0 Å². The molecule has 0 aromatic carbocycles. The molecule has 8 atom stereocenters. The average Bonchev–Trinajstić information content (AvgIpc) is 3.46. The molecule has 0 saturated heterocycles. The molecule has 0 aliphatic heterocycles. The molecule has 0 aromatic rings. The summed E-state index contributed by atoms with van der Waals surface area (Å²) in [6.07, 6.45) is 10.4. The summed E-state index contributed by atoms with van der Waals surface area (Å²) in [6.45, 7) is 9.74. The SMILES string of the molecule is C[Si](C)(CCC1CCC2C(O)C2C1)O[Si](C)(C)CCC1CCC2C(O)C2C1. The lowest BCUT2D eigenvalue weighted by molar-refractivity contribution is 0.246. The molecule has 4 rings (SSSR count). The second-order valence-electron chi connectivity index (χ2n) is 11.7. The molecule has 3 nitrogen and oxygen atoms in total. The average molecular weight is 411 g/mol. The van der Waals surface area contributed by atoms with E-state index in [0.29, 0.717) is 23.7 Å². The van der Waals surface area contributed by atoms with Crippen LogP contribution in [-0.4, -0.2) is 39.1 Å². The van der Waals surface area contributed by atoms with Crippen LogP contribution in [0.5, 0.6) is 0 Å². The first-order chi connectivity index (χ1) is 12.7. The monoisotopic (exact) mass is 410 g/mol. The molecule has 0 spiro atoms. The Balaban J connectivity index is 1.18. The first-order valence-electron chi connectivity index (χ1n) is 11.7. The molecule has 4 fully saturated rings. The third-order valence-electron chi connectivity index (χ3n) is 8.46. The Bertz CT molecular complexity index is 492. The predicted molar refractivity (Wildman–Crippen MR) is 116 cm³/mol. The minimum absolute atomic E-state index is 0.0367. The minimum Gasteiger partial charge on any atom is -0.455 e. The first-order valence-corrected chi connectivity index (χ1v) is 17.9. The van der Waals surface area contributed by atoms with Crippen LogP contribution in [-0.2, 0) is 4.12 Å². The molecule has 4 saturated carbocycles. The van der Waals surface area contributed by atoms with Crippen LogP contribution in [0.4, 0.5) is 0 Å². The second kappa shape index (κ2) is 7.53. The van der Waals surface area contributed by atoms with Crippen molar-refractivity contribution in [2.24, 2.45) is 35.5 Å². The molecule has 0 radical (unpaired) electrons. The van der Waals surface area contributed by atoms with E-state index < -0.39 is 16.6 Å². The molecule has 4 aliphatic rings. The fraction of sp³-hybridized carbons (Fsp3) is 1.00. The van der Waals surface area contributed by atoms with Gasteiger partial charge in [-0.05, 0) is 99.5 Å². The van der Waals surface area contributed by atoms with Gasteiger partial charge in [0.2, 0.25) is 0 Å². The lowest BCUT2D eigenvalue weighted by Gasteiger charge is -2.36. The standard InChI is InChI=1S/C22H42O3Si2/c1-26(2,11-9-15-5-7-17-19(13-15)21(17)23)25-27(3,4)12-10-16-6-8-18-20(14-16)22(18)24/h15-24H,5-14H2,1-4H3. The van der Waals surface area contributed by atoms with Gasteiger partial charge in [-0.2, -0.15) is 0 Å². The van der Waals surface area contributed by atoms with E-state index in [9.17, 15) is 10.2 Å². The van der Waals surface area contributed by atoms with Crippen molar-refractivity contribution in [2.45, 2.75) is 102 Å². The van der Waals surface area contributed by atoms with Gasteiger partial charge < -0.3 is 14.3 Å². The van der Waals surface area contributed by atoms with Gasteiger partial charge in [-0.15, -0.1) is 0 Å². The molecule has 27 heavy (non-hydrogen) atoms. The zero-order chi connectivity index (χ0) is 19.4. The molecule has 4 aliphatic carbocycles. The van der Waals surface area contributed by atoms with Crippen molar-refractivity contribution in [1.82, 2.24) is 0 Å². The Morgan fingerprint density at radius 3 is 1.44 bits per heavy atom. The van der Waals surface area contributed by atoms with Gasteiger partial charge in [-0.1, -0.05) is 25.7 Å². The quantitative estimate of drug-likeness (QED) is 0.553. The van der Waals surface area contributed by atoms with E-state index >= 15 is 0 Å². The van der Waals surface area contributed by atoms with Crippen molar-refractivity contribution in [2.75, 3.05) is 0 Å². The number of aliphatic hydroxyl groups is 2. The highest BCUT2D eigenvalue weighted by Gasteiger charge is 2.52. The molecule has 0 aromatic heterocycles. The topological polar surface area (TPSA) is 49.7 Å². The fourth-order valence-electron chi connectivity index (χ4n) is 6.59. The van der Waals surface area contributed by atoms with Crippen LogP contribution in [0.25, 0.3) is 0 Å². The van der Waals surface area contributed by atoms with Crippen molar-refractivity contribution >= 4 is 16.6 Å². The number of aliphatic hydroxyl groups excluding tert-OH is 2. The van der Waals surface area contributed by atoms with E-state index in [1.807, 2.05) is 0 Å². The minimum atomic E-state index is -1.59. The van der Waals surface area contributed by atoms with Crippen LogP contribution in [0.15, 0.2) is 0 Å². The summed E-state index contributed by atoms with van der Waals surface area (Å²) < 4.78 is 6.90. The molecule has 2 N–H and O–H groups in total. The lowest BCUT2D eigenvalue weighted by atomic mass is 9.87. The van der Waals surface area contributed by atoms with Crippen LogP contribution in [0.2, 0.25) is 38.3 Å². The third-order valence-corrected chi connectivity index (χ3v) is 15.9. The number of rotatable bonds is 8. The Kier molecular flexibility index (Phi) is 5.74. The highest BCUT2D eigenvalue weighted by Crippen LogP contribution is 2.53. The molecule has 5 heteroatoms. The fourth-order valence-corrected chi connectivity index (χ4v) is 15.6. The van der Waals surface area contributed by atoms with Crippen molar-refractivity contribution in [3.05, 3.63) is 0 Å². The second-order valence-corrected chi connectivity index (χ2v) is 20.5. The summed E-state index contributed by atoms with van der Waals surface area (Å²) in [4.78, 5) is 0. The Morgan fingerprint density at radius 1 is 0.667 bits per heavy atom. The van der Waals surface area contributed by atoms with Crippen molar-refractivity contribution in [1.29, 1.82) is 0 Å². The lowest BCUT2D eigenvalue weighted by Crippen LogP contribution is -2.44. The van der Waals surface area contributed by atoms with E-state index in [1.54, 1.807) is 0 Å².